The molecule has 1 spiro atoms. The fourth-order valence-corrected chi connectivity index (χ4v) is 5.98. The molecule has 1 saturated heterocycles. The van der Waals surface area contributed by atoms with Crippen molar-refractivity contribution >= 4 is 22.8 Å². The number of methoxy groups -OCH3 is 1. The van der Waals surface area contributed by atoms with Crippen LogP contribution in [-0.2, 0) is 0 Å². The zero-order valence-electron chi connectivity index (χ0n) is 22.0. The van der Waals surface area contributed by atoms with Gasteiger partial charge in [0.05, 0.1) is 24.8 Å². The van der Waals surface area contributed by atoms with Gasteiger partial charge in [-0.1, -0.05) is 0 Å². The van der Waals surface area contributed by atoms with E-state index in [-0.39, 0.29) is 23.3 Å². The second-order valence-corrected chi connectivity index (χ2v) is 11.3. The molecule has 0 bridgehead atoms. The zero-order valence-corrected chi connectivity index (χ0v) is 22.0. The van der Waals surface area contributed by atoms with Crippen molar-refractivity contribution in [2.45, 2.75) is 57.4 Å². The van der Waals surface area contributed by atoms with Crippen molar-refractivity contribution in [2.24, 2.45) is 11.3 Å². The molecule has 8 nitrogen and oxygen atoms in total. The number of benzene rings is 1. The summed E-state index contributed by atoms with van der Waals surface area (Å²) in [5.41, 5.74) is 3.12. The third kappa shape index (κ3) is 5.22. The van der Waals surface area contributed by atoms with Crippen LogP contribution in [-0.4, -0.2) is 59.5 Å². The molecule has 2 saturated carbocycles. The number of rotatable bonds is 7. The second kappa shape index (κ2) is 10.3. The predicted molar refractivity (Wildman–Crippen MR) is 145 cm³/mol. The van der Waals surface area contributed by atoms with Crippen molar-refractivity contribution in [3.05, 3.63) is 53.9 Å². The molecule has 2 aliphatic carbocycles. The van der Waals surface area contributed by atoms with Gasteiger partial charge in [-0.3, -0.25) is 9.59 Å². The second-order valence-electron chi connectivity index (χ2n) is 11.3. The highest BCUT2D eigenvalue weighted by atomic mass is 16.5. The Morgan fingerprint density at radius 1 is 1.03 bits per heavy atom. The number of H-pyrrole nitrogens is 1. The van der Waals surface area contributed by atoms with Gasteiger partial charge in [-0.05, 0) is 99.1 Å². The number of piperidine rings is 1. The van der Waals surface area contributed by atoms with Gasteiger partial charge in [0.25, 0.3) is 11.8 Å². The first-order valence-electron chi connectivity index (χ1n) is 13.9. The van der Waals surface area contributed by atoms with Crippen LogP contribution in [0.4, 0.5) is 0 Å². The number of amides is 2. The molecular formula is C30H36N4O4. The van der Waals surface area contributed by atoms with E-state index in [2.05, 4.69) is 15.3 Å². The lowest BCUT2D eigenvalue weighted by molar-refractivity contribution is 0.0425. The summed E-state index contributed by atoms with van der Waals surface area (Å²) in [4.78, 5) is 35.7. The van der Waals surface area contributed by atoms with E-state index in [0.717, 1.165) is 62.6 Å². The number of carbonyl (C=O) groups excluding carboxylic acids is 2. The zero-order chi connectivity index (χ0) is 26.1. The van der Waals surface area contributed by atoms with Crippen LogP contribution < -0.4 is 14.8 Å². The van der Waals surface area contributed by atoms with Gasteiger partial charge >= 0.3 is 0 Å². The van der Waals surface area contributed by atoms with Crippen LogP contribution in [0.3, 0.4) is 0 Å². The molecule has 200 valence electrons. The van der Waals surface area contributed by atoms with Gasteiger partial charge in [0.1, 0.15) is 5.69 Å². The Morgan fingerprint density at radius 3 is 2.55 bits per heavy atom. The number of hydrogen-bond donors (Lipinski definition) is 2. The van der Waals surface area contributed by atoms with Crippen molar-refractivity contribution < 1.29 is 19.1 Å². The van der Waals surface area contributed by atoms with E-state index >= 15 is 0 Å². The van der Waals surface area contributed by atoms with Gasteiger partial charge in [0.15, 0.2) is 11.5 Å². The van der Waals surface area contributed by atoms with E-state index < -0.39 is 0 Å². The van der Waals surface area contributed by atoms with Crippen LogP contribution >= 0.6 is 0 Å². The minimum Gasteiger partial charge on any atom is -0.493 e. The average Bonchev–Trinajstić information content (AvgIpc) is 3.67. The molecule has 8 heteroatoms. The molecular weight excluding hydrogens is 480 g/mol. The predicted octanol–water partition coefficient (Wildman–Crippen LogP) is 4.96. The van der Waals surface area contributed by atoms with E-state index in [1.807, 2.05) is 41.4 Å². The summed E-state index contributed by atoms with van der Waals surface area (Å²) in [5, 5.41) is 3.20. The fourth-order valence-electron chi connectivity index (χ4n) is 5.98. The monoisotopic (exact) mass is 516 g/mol. The number of nitrogens with zero attached hydrogens (tertiary/aromatic N) is 2. The summed E-state index contributed by atoms with van der Waals surface area (Å²) >= 11 is 0. The van der Waals surface area contributed by atoms with Gasteiger partial charge in [-0.25, -0.2) is 4.98 Å². The molecule has 2 N–H and O–H groups in total. The van der Waals surface area contributed by atoms with Crippen LogP contribution in [0.1, 0.15) is 72.2 Å². The number of likely N-dealkylation sites (tertiary alicyclic amines) is 1. The highest BCUT2D eigenvalue weighted by molar-refractivity contribution is 5.95. The molecule has 3 heterocycles. The summed E-state index contributed by atoms with van der Waals surface area (Å²) in [6, 6.07) is 11.2. The van der Waals surface area contributed by atoms with Crippen molar-refractivity contribution in [1.29, 1.82) is 0 Å². The van der Waals surface area contributed by atoms with Gasteiger partial charge in [-0.15, -0.1) is 0 Å². The van der Waals surface area contributed by atoms with Crippen LogP contribution in [0, 0.1) is 11.3 Å². The minimum atomic E-state index is -0.102. The molecule has 0 unspecified atom stereocenters. The Labute approximate surface area is 223 Å². The molecule has 2 amide bonds. The largest absolute Gasteiger partial charge is 0.493 e. The van der Waals surface area contributed by atoms with Gasteiger partial charge in [0, 0.05) is 30.9 Å². The third-order valence-corrected chi connectivity index (χ3v) is 8.71. The maximum absolute atomic E-state index is 13.3. The molecule has 38 heavy (non-hydrogen) atoms. The van der Waals surface area contributed by atoms with E-state index in [1.54, 1.807) is 13.2 Å². The number of carbonyl (C=O) groups is 2. The summed E-state index contributed by atoms with van der Waals surface area (Å²) in [7, 11) is 1.63. The molecule has 6 rings (SSSR count). The number of nitrogens with one attached hydrogen (secondary N) is 2. The summed E-state index contributed by atoms with van der Waals surface area (Å²) < 4.78 is 11.4. The number of aromatic nitrogens is 2. The fraction of sp³-hybridized carbons (Fsp3) is 0.500. The molecule has 0 atom stereocenters. The summed E-state index contributed by atoms with van der Waals surface area (Å²) in [6.07, 6.45) is 10.4. The maximum atomic E-state index is 13.3. The van der Waals surface area contributed by atoms with Crippen LogP contribution in [0.15, 0.2) is 42.6 Å². The third-order valence-electron chi connectivity index (χ3n) is 8.71. The molecule has 3 aromatic rings. The topological polar surface area (TPSA) is 96.6 Å². The van der Waals surface area contributed by atoms with Crippen molar-refractivity contribution in [2.75, 3.05) is 26.8 Å². The Morgan fingerprint density at radius 2 is 1.82 bits per heavy atom. The van der Waals surface area contributed by atoms with Gasteiger partial charge < -0.3 is 24.7 Å². The normalized spacial score (nSPS) is 19.4. The molecule has 1 aromatic carbocycles. The molecule has 0 radical (unpaired) electrons. The van der Waals surface area contributed by atoms with Crippen LogP contribution in [0.25, 0.3) is 11.0 Å². The Kier molecular flexibility index (Phi) is 6.72. The Hall–Kier alpha value is -3.55. The van der Waals surface area contributed by atoms with E-state index in [4.69, 9.17) is 9.47 Å². The number of aromatic amines is 1. The standard InChI is InChI=1S/C30H36N4O4/c1-37-26-7-4-21(18-27(26)38-19-20-2-3-20)29(36)34-16-13-30(14-17-34)11-8-22(9-12-30)32-28(35)25-6-5-23-24(33-25)10-15-31-23/h4-7,10,15,18,20,22,31H,2-3,8-9,11-14,16-17,19H2,1H3,(H,32,35). The summed E-state index contributed by atoms with van der Waals surface area (Å²) in [6.45, 7) is 2.21. The average molecular weight is 517 g/mol. The quantitative estimate of drug-likeness (QED) is 0.463. The van der Waals surface area contributed by atoms with Crippen LogP contribution in [0.2, 0.25) is 0 Å². The van der Waals surface area contributed by atoms with E-state index in [0.29, 0.717) is 35.3 Å². The Bertz CT molecular complexity index is 1310. The Balaban J connectivity index is 1.01. The number of fused-ring (bicyclic) bond motifs is 1. The lowest BCUT2D eigenvalue weighted by Crippen LogP contribution is -2.47. The van der Waals surface area contributed by atoms with Gasteiger partial charge in [-0.2, -0.15) is 0 Å². The lowest BCUT2D eigenvalue weighted by Gasteiger charge is -2.46. The van der Waals surface area contributed by atoms with Crippen molar-refractivity contribution in [3.63, 3.8) is 0 Å². The minimum absolute atomic E-state index is 0.0617. The van der Waals surface area contributed by atoms with Crippen LogP contribution in [0.5, 0.6) is 11.5 Å². The maximum Gasteiger partial charge on any atom is 0.270 e. The molecule has 2 aromatic heterocycles. The number of pyridine rings is 1. The number of hydrogen-bond acceptors (Lipinski definition) is 5. The first-order valence-corrected chi connectivity index (χ1v) is 13.9. The van der Waals surface area contributed by atoms with Crippen molar-refractivity contribution in [1.82, 2.24) is 20.2 Å². The lowest BCUT2D eigenvalue weighted by atomic mass is 9.67. The van der Waals surface area contributed by atoms with E-state index in [9.17, 15) is 9.59 Å². The smallest absolute Gasteiger partial charge is 0.270 e. The van der Waals surface area contributed by atoms with E-state index in [1.165, 1.54) is 12.8 Å². The van der Waals surface area contributed by atoms with Gasteiger partial charge in [0.2, 0.25) is 0 Å². The highest BCUT2D eigenvalue weighted by Crippen LogP contribution is 2.45. The SMILES string of the molecule is COc1ccc(C(=O)N2CCC3(CCC(NC(=O)c4ccc5[nH]ccc5n4)CC3)CC2)cc1OCC1CC1. The first-order chi connectivity index (χ1) is 18.5. The first kappa shape index (κ1) is 24.8. The highest BCUT2D eigenvalue weighted by Gasteiger charge is 2.39. The molecule has 3 fully saturated rings. The summed E-state index contributed by atoms with van der Waals surface area (Å²) in [5.74, 6) is 1.92. The molecule has 1 aliphatic heterocycles. The number of ether oxygens (including phenoxy) is 2. The van der Waals surface area contributed by atoms with Crippen molar-refractivity contribution in [3.8, 4) is 11.5 Å². The molecule has 3 aliphatic rings.